The lowest BCUT2D eigenvalue weighted by molar-refractivity contribution is -0.134. The first-order valence-electron chi connectivity index (χ1n) is 7.55. The first-order chi connectivity index (χ1) is 10.7. The van der Waals surface area contributed by atoms with Gasteiger partial charge in [0.2, 0.25) is 0 Å². The molecular weight excluding hydrogens is 296 g/mol. The van der Waals surface area contributed by atoms with Crippen molar-refractivity contribution in [1.29, 1.82) is 0 Å². The first-order valence-corrected chi connectivity index (χ1v) is 8.36. The summed E-state index contributed by atoms with van der Waals surface area (Å²) in [7, 11) is 3.07. The summed E-state index contributed by atoms with van der Waals surface area (Å²) < 4.78 is 11.2. The fraction of sp³-hybridized carbons (Fsp3) is 0.389. The summed E-state index contributed by atoms with van der Waals surface area (Å²) in [5.74, 6) is 0.534. The second kappa shape index (κ2) is 7.99. The lowest BCUT2D eigenvalue weighted by Gasteiger charge is -2.03. The molecule has 118 valence electrons. The molecule has 0 fully saturated rings. The van der Waals surface area contributed by atoms with Crippen LogP contribution in [0, 0.1) is 0 Å². The zero-order valence-electron chi connectivity index (χ0n) is 13.3. The van der Waals surface area contributed by atoms with Gasteiger partial charge in [0.1, 0.15) is 5.75 Å². The molecule has 0 spiro atoms. The molecule has 0 unspecified atom stereocenters. The molecule has 22 heavy (non-hydrogen) atoms. The summed E-state index contributed by atoms with van der Waals surface area (Å²) in [6.45, 7) is 2.20. The number of hydrogen-bond donors (Lipinski definition) is 0. The molecule has 1 heterocycles. The first kappa shape index (κ1) is 16.6. The van der Waals surface area contributed by atoms with Crippen molar-refractivity contribution in [2.24, 2.45) is 0 Å². The number of thiophene rings is 1. The summed E-state index contributed by atoms with van der Waals surface area (Å²) >= 11 is 1.69. The maximum Gasteiger partial charge on any atom is 0.330 e. The van der Waals surface area contributed by atoms with Crippen LogP contribution < -0.4 is 4.74 Å². The molecule has 0 bridgehead atoms. The molecule has 2 rings (SSSR count). The molecule has 0 aliphatic rings. The highest BCUT2D eigenvalue weighted by molar-refractivity contribution is 7.20. The quantitative estimate of drug-likeness (QED) is 0.417. The van der Waals surface area contributed by atoms with Crippen molar-refractivity contribution in [3.8, 4) is 5.75 Å². The minimum Gasteiger partial charge on any atom is -0.497 e. The van der Waals surface area contributed by atoms with E-state index in [1.54, 1.807) is 18.4 Å². The normalized spacial score (nSPS) is 11.2. The number of benzene rings is 1. The van der Waals surface area contributed by atoms with Gasteiger partial charge in [0, 0.05) is 15.7 Å². The molecule has 3 nitrogen and oxygen atoms in total. The number of fused-ring (bicyclic) bond motifs is 1. The van der Waals surface area contributed by atoms with Crippen molar-refractivity contribution in [2.75, 3.05) is 14.2 Å². The Morgan fingerprint density at radius 3 is 2.77 bits per heavy atom. The number of methoxy groups -OCH3 is 2. The molecule has 0 saturated heterocycles. The van der Waals surface area contributed by atoms with Crippen LogP contribution in [0.25, 0.3) is 16.2 Å². The topological polar surface area (TPSA) is 35.5 Å². The standard InChI is InChI=1S/C18H22O3S/c1-4-5-6-7-14-15-9-8-13(20-2)12-17(15)22-16(14)10-11-18(19)21-3/h8-12H,4-7H2,1-3H3/b11-10+. The van der Waals surface area contributed by atoms with Crippen molar-refractivity contribution in [3.63, 3.8) is 0 Å². The van der Waals surface area contributed by atoms with Gasteiger partial charge < -0.3 is 9.47 Å². The summed E-state index contributed by atoms with van der Waals surface area (Å²) in [5, 5.41) is 1.26. The van der Waals surface area contributed by atoms with E-state index in [-0.39, 0.29) is 5.97 Å². The molecule has 0 amide bonds. The van der Waals surface area contributed by atoms with E-state index in [9.17, 15) is 4.79 Å². The fourth-order valence-electron chi connectivity index (χ4n) is 2.43. The Balaban J connectivity index is 2.40. The van der Waals surface area contributed by atoms with E-state index >= 15 is 0 Å². The van der Waals surface area contributed by atoms with Gasteiger partial charge in [-0.05, 0) is 48.1 Å². The largest absolute Gasteiger partial charge is 0.497 e. The molecule has 0 aliphatic carbocycles. The van der Waals surface area contributed by atoms with Crippen LogP contribution in [-0.2, 0) is 16.0 Å². The van der Waals surface area contributed by atoms with Crippen LogP contribution in [0.4, 0.5) is 0 Å². The van der Waals surface area contributed by atoms with Gasteiger partial charge in [-0.25, -0.2) is 4.79 Å². The Hall–Kier alpha value is -1.81. The molecular formula is C18H22O3S. The van der Waals surface area contributed by atoms with Gasteiger partial charge >= 0.3 is 5.97 Å². The Kier molecular flexibility index (Phi) is 6.01. The van der Waals surface area contributed by atoms with Crippen LogP contribution in [0.15, 0.2) is 24.3 Å². The van der Waals surface area contributed by atoms with E-state index in [0.29, 0.717) is 0 Å². The van der Waals surface area contributed by atoms with E-state index in [1.165, 1.54) is 41.7 Å². The molecule has 0 aliphatic heterocycles. The Morgan fingerprint density at radius 1 is 1.27 bits per heavy atom. The molecule has 1 aromatic carbocycles. The van der Waals surface area contributed by atoms with Gasteiger partial charge in [-0.3, -0.25) is 0 Å². The summed E-state index contributed by atoms with van der Waals surface area (Å²) in [5.41, 5.74) is 1.32. The van der Waals surface area contributed by atoms with Gasteiger partial charge in [0.15, 0.2) is 0 Å². The molecule has 4 heteroatoms. The second-order valence-electron chi connectivity index (χ2n) is 5.12. The van der Waals surface area contributed by atoms with E-state index in [4.69, 9.17) is 4.74 Å². The number of hydrogen-bond acceptors (Lipinski definition) is 4. The van der Waals surface area contributed by atoms with E-state index in [0.717, 1.165) is 23.5 Å². The third kappa shape index (κ3) is 3.89. The van der Waals surface area contributed by atoms with Crippen LogP contribution in [-0.4, -0.2) is 20.2 Å². The number of carbonyl (C=O) groups excluding carboxylic acids is 1. The monoisotopic (exact) mass is 318 g/mol. The minimum absolute atomic E-state index is 0.324. The molecule has 1 aromatic heterocycles. The highest BCUT2D eigenvalue weighted by Gasteiger charge is 2.11. The average Bonchev–Trinajstić information content (AvgIpc) is 2.89. The molecule has 2 aromatic rings. The maximum atomic E-state index is 11.3. The number of rotatable bonds is 7. The predicted molar refractivity (Wildman–Crippen MR) is 92.7 cm³/mol. The number of aryl methyl sites for hydroxylation is 1. The van der Waals surface area contributed by atoms with Crippen molar-refractivity contribution < 1.29 is 14.3 Å². The SMILES string of the molecule is CCCCCc1c(/C=C/C(=O)OC)sc2cc(OC)ccc12. The molecule has 0 N–H and O–H groups in total. The van der Waals surface area contributed by atoms with Crippen LogP contribution >= 0.6 is 11.3 Å². The number of esters is 1. The predicted octanol–water partition coefficient (Wildman–Crippen LogP) is 4.83. The van der Waals surface area contributed by atoms with E-state index < -0.39 is 0 Å². The smallest absolute Gasteiger partial charge is 0.330 e. The van der Waals surface area contributed by atoms with Gasteiger partial charge in [0.05, 0.1) is 14.2 Å². The van der Waals surface area contributed by atoms with Crippen molar-refractivity contribution in [2.45, 2.75) is 32.6 Å². The van der Waals surface area contributed by atoms with Gasteiger partial charge in [-0.15, -0.1) is 11.3 Å². The Bertz CT molecular complexity index is 670. The second-order valence-corrected chi connectivity index (χ2v) is 6.20. The highest BCUT2D eigenvalue weighted by atomic mass is 32.1. The summed E-state index contributed by atoms with van der Waals surface area (Å²) in [6.07, 6.45) is 7.96. The minimum atomic E-state index is -0.324. The highest BCUT2D eigenvalue weighted by Crippen LogP contribution is 2.35. The molecule has 0 radical (unpaired) electrons. The van der Waals surface area contributed by atoms with E-state index in [2.05, 4.69) is 23.8 Å². The summed E-state index contributed by atoms with van der Waals surface area (Å²) in [6, 6.07) is 6.16. The van der Waals surface area contributed by atoms with Gasteiger partial charge in [-0.1, -0.05) is 19.8 Å². The molecule has 0 saturated carbocycles. The van der Waals surface area contributed by atoms with Crippen molar-refractivity contribution in [1.82, 2.24) is 0 Å². The maximum absolute atomic E-state index is 11.3. The number of unbranched alkanes of at least 4 members (excludes halogenated alkanes) is 2. The third-order valence-electron chi connectivity index (χ3n) is 3.63. The molecule has 0 atom stereocenters. The zero-order valence-corrected chi connectivity index (χ0v) is 14.2. The lowest BCUT2D eigenvalue weighted by Crippen LogP contribution is -1.93. The zero-order chi connectivity index (χ0) is 15.9. The van der Waals surface area contributed by atoms with E-state index in [1.807, 2.05) is 12.1 Å². The summed E-state index contributed by atoms with van der Waals surface area (Å²) in [4.78, 5) is 12.5. The van der Waals surface area contributed by atoms with Gasteiger partial charge in [-0.2, -0.15) is 0 Å². The number of ether oxygens (including phenoxy) is 2. The van der Waals surface area contributed by atoms with Crippen molar-refractivity contribution >= 4 is 33.5 Å². The van der Waals surface area contributed by atoms with Crippen LogP contribution in [0.2, 0.25) is 0 Å². The average molecular weight is 318 g/mol. The van der Waals surface area contributed by atoms with Crippen molar-refractivity contribution in [3.05, 3.63) is 34.7 Å². The van der Waals surface area contributed by atoms with Crippen LogP contribution in [0.1, 0.15) is 36.6 Å². The third-order valence-corrected chi connectivity index (χ3v) is 4.79. The Morgan fingerprint density at radius 2 is 2.09 bits per heavy atom. The van der Waals surface area contributed by atoms with Gasteiger partial charge in [0.25, 0.3) is 0 Å². The number of carbonyl (C=O) groups is 1. The lowest BCUT2D eigenvalue weighted by atomic mass is 10.0. The Labute approximate surface area is 135 Å². The fourth-order valence-corrected chi connectivity index (χ4v) is 3.62. The van der Waals surface area contributed by atoms with Crippen LogP contribution in [0.5, 0.6) is 5.75 Å². The van der Waals surface area contributed by atoms with Crippen LogP contribution in [0.3, 0.4) is 0 Å².